The van der Waals surface area contributed by atoms with Crippen molar-refractivity contribution >= 4 is 21.8 Å². The first kappa shape index (κ1) is 37.6. The summed E-state index contributed by atoms with van der Waals surface area (Å²) >= 11 is 1.52. The third kappa shape index (κ3) is 8.71. The molecule has 0 amide bonds. The Bertz CT molecular complexity index is 2400. The van der Waals surface area contributed by atoms with Crippen LogP contribution in [0.25, 0.3) is 33.7 Å². The number of benzene rings is 6. The van der Waals surface area contributed by atoms with Gasteiger partial charge in [0.2, 0.25) is 10.0 Å². The summed E-state index contributed by atoms with van der Waals surface area (Å²) in [4.78, 5) is 5.18. The van der Waals surface area contributed by atoms with E-state index >= 15 is 0 Å². The van der Waals surface area contributed by atoms with Crippen molar-refractivity contribution in [1.29, 1.82) is 0 Å². The van der Waals surface area contributed by atoms with E-state index in [1.807, 2.05) is 133 Å². The molecule has 0 radical (unpaired) electrons. The van der Waals surface area contributed by atoms with E-state index in [1.165, 1.54) is 11.8 Å². The standard InChI is InChI=1S/C46H40N2O6S2/c49-30-32-20-22-34(23-21-32)42-28-39(31-55-46-48-43(35-12-4-1-5-13-35)44(54-46)36-14-6-2-7-15-36)52-45(53-42)37-26-24-33(25-27-37)41-19-11-10-16-38(41)29-47-56(50,51)40-17-8-3-9-18-40/h1-27,39,42,45,47,49H,28-31H2/t39-,42+,45+/m0/s1. The highest BCUT2D eigenvalue weighted by molar-refractivity contribution is 7.99. The second-order valence-corrected chi connectivity index (χ2v) is 16.2. The molecule has 8 rings (SSSR count). The molecule has 1 saturated heterocycles. The lowest BCUT2D eigenvalue weighted by Gasteiger charge is -2.36. The van der Waals surface area contributed by atoms with Gasteiger partial charge < -0.3 is 19.0 Å². The zero-order valence-corrected chi connectivity index (χ0v) is 32.0. The molecule has 1 aliphatic heterocycles. The van der Waals surface area contributed by atoms with Crippen molar-refractivity contribution in [3.63, 3.8) is 0 Å². The van der Waals surface area contributed by atoms with Gasteiger partial charge in [0.05, 0.1) is 23.7 Å². The zero-order chi connectivity index (χ0) is 38.3. The molecular weight excluding hydrogens is 741 g/mol. The molecule has 2 N–H and O–H groups in total. The topological polar surface area (TPSA) is 111 Å². The van der Waals surface area contributed by atoms with E-state index in [4.69, 9.17) is 18.9 Å². The number of ether oxygens (including phenoxy) is 2. The molecule has 1 aromatic heterocycles. The van der Waals surface area contributed by atoms with Crippen molar-refractivity contribution in [2.24, 2.45) is 0 Å². The fourth-order valence-corrected chi connectivity index (χ4v) is 8.63. The van der Waals surface area contributed by atoms with Crippen molar-refractivity contribution < 1.29 is 27.4 Å². The third-order valence-corrected chi connectivity index (χ3v) is 12.1. The molecule has 0 bridgehead atoms. The minimum absolute atomic E-state index is 0.0305. The van der Waals surface area contributed by atoms with Gasteiger partial charge in [-0.2, -0.15) is 0 Å². The summed E-state index contributed by atoms with van der Waals surface area (Å²) in [6, 6.07) is 52.1. The first-order valence-electron chi connectivity index (χ1n) is 18.4. The van der Waals surface area contributed by atoms with Gasteiger partial charge in [-0.3, -0.25) is 0 Å². The Morgan fingerprint density at radius 2 is 1.30 bits per heavy atom. The molecule has 0 spiro atoms. The van der Waals surface area contributed by atoms with Crippen LogP contribution in [-0.2, 0) is 32.6 Å². The molecule has 7 aromatic rings. The van der Waals surface area contributed by atoms with E-state index in [9.17, 15) is 13.5 Å². The summed E-state index contributed by atoms with van der Waals surface area (Å²) in [6.45, 7) is 0.113. The summed E-state index contributed by atoms with van der Waals surface area (Å²) in [5.41, 5.74) is 8.14. The molecule has 2 heterocycles. The summed E-state index contributed by atoms with van der Waals surface area (Å²) < 4.78 is 48.4. The maximum Gasteiger partial charge on any atom is 0.256 e. The molecule has 10 heteroatoms. The number of sulfonamides is 1. The van der Waals surface area contributed by atoms with Gasteiger partial charge in [0, 0.05) is 35.4 Å². The van der Waals surface area contributed by atoms with E-state index < -0.39 is 16.3 Å². The Morgan fingerprint density at radius 3 is 2.00 bits per heavy atom. The maximum atomic E-state index is 13.0. The van der Waals surface area contributed by atoms with Gasteiger partial charge in [0.25, 0.3) is 5.22 Å². The second-order valence-electron chi connectivity index (χ2n) is 13.5. The van der Waals surface area contributed by atoms with Crippen LogP contribution in [-0.4, -0.2) is 30.4 Å². The summed E-state index contributed by atoms with van der Waals surface area (Å²) in [5.74, 6) is 1.31. The Morgan fingerprint density at radius 1 is 0.679 bits per heavy atom. The lowest BCUT2D eigenvalue weighted by atomic mass is 9.98. The largest absolute Gasteiger partial charge is 0.431 e. The summed E-state index contributed by atoms with van der Waals surface area (Å²) in [5, 5.41) is 10.2. The molecular formula is C46H40N2O6S2. The number of aliphatic hydroxyl groups is 1. The van der Waals surface area contributed by atoms with Crippen LogP contribution in [0.5, 0.6) is 0 Å². The quantitative estimate of drug-likeness (QED) is 0.111. The van der Waals surface area contributed by atoms with Crippen LogP contribution in [0.15, 0.2) is 178 Å². The number of nitrogens with zero attached hydrogens (tertiary/aromatic N) is 1. The fourth-order valence-electron chi connectivity index (χ4n) is 6.76. The van der Waals surface area contributed by atoms with Gasteiger partial charge in [-0.15, -0.1) is 0 Å². The molecule has 0 aliphatic carbocycles. The molecule has 0 saturated carbocycles. The van der Waals surface area contributed by atoms with E-state index in [2.05, 4.69) is 4.72 Å². The molecule has 0 unspecified atom stereocenters. The van der Waals surface area contributed by atoms with Gasteiger partial charge in [-0.25, -0.2) is 18.1 Å². The van der Waals surface area contributed by atoms with Gasteiger partial charge in [0.15, 0.2) is 12.1 Å². The van der Waals surface area contributed by atoms with E-state index in [0.29, 0.717) is 17.4 Å². The average molecular weight is 781 g/mol. The lowest BCUT2D eigenvalue weighted by molar-refractivity contribution is -0.245. The second kappa shape index (κ2) is 17.2. The number of rotatable bonds is 13. The smallest absolute Gasteiger partial charge is 0.256 e. The highest BCUT2D eigenvalue weighted by atomic mass is 32.2. The number of oxazole rings is 1. The van der Waals surface area contributed by atoms with Crippen LogP contribution in [0.2, 0.25) is 0 Å². The minimum Gasteiger partial charge on any atom is -0.431 e. The van der Waals surface area contributed by atoms with Gasteiger partial charge in [0.1, 0.15) is 5.69 Å². The van der Waals surface area contributed by atoms with Crippen LogP contribution in [0.3, 0.4) is 0 Å². The van der Waals surface area contributed by atoms with Crippen LogP contribution < -0.4 is 4.72 Å². The molecule has 282 valence electrons. The Hall–Kier alpha value is -5.33. The monoisotopic (exact) mass is 780 g/mol. The number of thioether (sulfide) groups is 1. The highest BCUT2D eigenvalue weighted by Crippen LogP contribution is 2.41. The first-order valence-corrected chi connectivity index (χ1v) is 20.9. The lowest BCUT2D eigenvalue weighted by Crippen LogP contribution is -2.31. The Balaban J connectivity index is 1.02. The van der Waals surface area contributed by atoms with E-state index in [1.54, 1.807) is 30.3 Å². The molecule has 6 aromatic carbocycles. The number of nitrogens with one attached hydrogen (secondary N) is 1. The number of hydrogen-bond donors (Lipinski definition) is 2. The SMILES string of the molecule is O=S(=O)(NCc1ccccc1-c1ccc([C@@H]2O[C@H](CSc3nc(-c4ccccc4)c(-c4ccccc4)o3)C[C@H](c3ccc(CO)cc3)O2)cc1)c1ccccc1. The predicted octanol–water partition coefficient (Wildman–Crippen LogP) is 9.98. The molecule has 3 atom stereocenters. The average Bonchev–Trinajstić information content (AvgIpc) is 3.70. The minimum atomic E-state index is -3.67. The Labute approximate surface area is 331 Å². The van der Waals surface area contributed by atoms with Crippen molar-refractivity contribution in [2.45, 2.75) is 48.2 Å². The Kier molecular flexibility index (Phi) is 11.6. The highest BCUT2D eigenvalue weighted by Gasteiger charge is 2.33. The molecule has 56 heavy (non-hydrogen) atoms. The van der Waals surface area contributed by atoms with Crippen molar-refractivity contribution in [3.8, 4) is 33.7 Å². The fraction of sp³-hybridized carbons (Fsp3) is 0.152. The van der Waals surface area contributed by atoms with Crippen LogP contribution in [0, 0.1) is 0 Å². The third-order valence-electron chi connectivity index (χ3n) is 9.72. The molecule has 1 aliphatic rings. The maximum absolute atomic E-state index is 13.0. The predicted molar refractivity (Wildman–Crippen MR) is 219 cm³/mol. The normalized spacial score (nSPS) is 17.1. The number of aliphatic hydroxyl groups excluding tert-OH is 1. The van der Waals surface area contributed by atoms with E-state index in [-0.39, 0.29) is 30.3 Å². The van der Waals surface area contributed by atoms with Crippen molar-refractivity contribution in [1.82, 2.24) is 9.71 Å². The summed E-state index contributed by atoms with van der Waals surface area (Å²) in [6.07, 6.45) is -0.492. The number of hydrogen-bond acceptors (Lipinski definition) is 8. The van der Waals surface area contributed by atoms with Crippen LogP contribution in [0.1, 0.15) is 41.1 Å². The van der Waals surface area contributed by atoms with Gasteiger partial charge in [-0.1, -0.05) is 163 Å². The van der Waals surface area contributed by atoms with Crippen LogP contribution >= 0.6 is 11.8 Å². The summed E-state index contributed by atoms with van der Waals surface area (Å²) in [7, 11) is -3.67. The first-order chi connectivity index (χ1) is 27.4. The zero-order valence-electron chi connectivity index (χ0n) is 30.4. The van der Waals surface area contributed by atoms with Gasteiger partial charge in [-0.05, 0) is 39.9 Å². The van der Waals surface area contributed by atoms with Crippen LogP contribution in [0.4, 0.5) is 0 Å². The van der Waals surface area contributed by atoms with Crippen molar-refractivity contribution in [3.05, 3.63) is 186 Å². The molecule has 1 fully saturated rings. The molecule has 8 nitrogen and oxygen atoms in total. The van der Waals surface area contributed by atoms with Crippen molar-refractivity contribution in [2.75, 3.05) is 5.75 Å². The van der Waals surface area contributed by atoms with Gasteiger partial charge >= 0.3 is 0 Å². The van der Waals surface area contributed by atoms with E-state index in [0.717, 1.165) is 56.0 Å². The number of aromatic nitrogens is 1.